The van der Waals surface area contributed by atoms with Gasteiger partial charge in [0.25, 0.3) is 0 Å². The van der Waals surface area contributed by atoms with E-state index in [0.29, 0.717) is 6.54 Å². The molecule has 1 aromatic rings. The second-order valence-electron chi connectivity index (χ2n) is 3.46. The fourth-order valence-electron chi connectivity index (χ4n) is 1.26. The van der Waals surface area contributed by atoms with Crippen LogP contribution < -0.4 is 5.32 Å². The zero-order chi connectivity index (χ0) is 11.5. The SMILES string of the molecule is CCS(=O)(=O)CCNc1cn(C)nc1C. The smallest absolute Gasteiger partial charge is 0.151 e. The largest absolute Gasteiger partial charge is 0.381 e. The zero-order valence-electron chi connectivity index (χ0n) is 9.32. The number of rotatable bonds is 5. The molecule has 6 heteroatoms. The summed E-state index contributed by atoms with van der Waals surface area (Å²) in [5.41, 5.74) is 1.77. The minimum absolute atomic E-state index is 0.165. The first-order valence-electron chi connectivity index (χ1n) is 4.89. The van der Waals surface area contributed by atoms with Crippen molar-refractivity contribution in [3.63, 3.8) is 0 Å². The summed E-state index contributed by atoms with van der Waals surface area (Å²) in [4.78, 5) is 0. The number of nitrogens with one attached hydrogen (secondary N) is 1. The molecule has 0 aliphatic carbocycles. The van der Waals surface area contributed by atoms with Crippen molar-refractivity contribution < 1.29 is 8.42 Å². The zero-order valence-corrected chi connectivity index (χ0v) is 10.1. The van der Waals surface area contributed by atoms with Gasteiger partial charge in [-0.05, 0) is 6.92 Å². The van der Waals surface area contributed by atoms with Gasteiger partial charge < -0.3 is 5.32 Å². The Kier molecular flexibility index (Phi) is 3.73. The Labute approximate surface area is 90.4 Å². The molecule has 0 aliphatic heterocycles. The van der Waals surface area contributed by atoms with Crippen molar-refractivity contribution in [3.05, 3.63) is 11.9 Å². The molecule has 1 aromatic heterocycles. The van der Waals surface area contributed by atoms with E-state index in [1.807, 2.05) is 20.2 Å². The van der Waals surface area contributed by atoms with E-state index in [9.17, 15) is 8.42 Å². The monoisotopic (exact) mass is 231 g/mol. The summed E-state index contributed by atoms with van der Waals surface area (Å²) in [6, 6.07) is 0. The van der Waals surface area contributed by atoms with Crippen LogP contribution >= 0.6 is 0 Å². The van der Waals surface area contributed by atoms with Gasteiger partial charge in [0.05, 0.1) is 17.1 Å². The van der Waals surface area contributed by atoms with Crippen LogP contribution in [0.5, 0.6) is 0 Å². The van der Waals surface area contributed by atoms with Gasteiger partial charge in [-0.2, -0.15) is 5.10 Å². The molecule has 0 amide bonds. The minimum Gasteiger partial charge on any atom is -0.381 e. The fraction of sp³-hybridized carbons (Fsp3) is 0.667. The predicted molar refractivity (Wildman–Crippen MR) is 60.8 cm³/mol. The van der Waals surface area contributed by atoms with Crippen molar-refractivity contribution in [1.29, 1.82) is 0 Å². The normalized spacial score (nSPS) is 11.7. The second-order valence-corrected chi connectivity index (χ2v) is 5.94. The summed E-state index contributed by atoms with van der Waals surface area (Å²) in [6.07, 6.45) is 1.84. The molecule has 0 saturated heterocycles. The molecule has 0 aliphatic rings. The maximum Gasteiger partial charge on any atom is 0.151 e. The molecule has 0 atom stereocenters. The molecule has 0 aromatic carbocycles. The summed E-state index contributed by atoms with van der Waals surface area (Å²) < 4.78 is 24.1. The lowest BCUT2D eigenvalue weighted by Crippen LogP contribution is -2.17. The Morgan fingerprint density at radius 3 is 2.67 bits per heavy atom. The lowest BCUT2D eigenvalue weighted by Gasteiger charge is -2.04. The second kappa shape index (κ2) is 4.65. The van der Waals surface area contributed by atoms with Gasteiger partial charge in [-0.25, -0.2) is 8.42 Å². The van der Waals surface area contributed by atoms with Crippen LogP contribution in [0.4, 0.5) is 5.69 Å². The molecular weight excluding hydrogens is 214 g/mol. The van der Waals surface area contributed by atoms with Gasteiger partial charge in [-0.1, -0.05) is 6.92 Å². The molecule has 0 fully saturated rings. The Hall–Kier alpha value is -1.04. The van der Waals surface area contributed by atoms with Gasteiger partial charge in [0.2, 0.25) is 0 Å². The topological polar surface area (TPSA) is 64.0 Å². The van der Waals surface area contributed by atoms with Crippen LogP contribution in [0.15, 0.2) is 6.20 Å². The molecule has 1 heterocycles. The molecule has 0 radical (unpaired) electrons. The first-order valence-corrected chi connectivity index (χ1v) is 6.71. The molecule has 5 nitrogen and oxygen atoms in total. The highest BCUT2D eigenvalue weighted by molar-refractivity contribution is 7.91. The van der Waals surface area contributed by atoms with Crippen molar-refractivity contribution in [1.82, 2.24) is 9.78 Å². The molecule has 86 valence electrons. The standard InChI is InChI=1S/C9H17N3O2S/c1-4-15(13,14)6-5-10-9-7-12(3)11-8(9)2/h7,10H,4-6H2,1-3H3. The van der Waals surface area contributed by atoms with Gasteiger partial charge in [-0.3, -0.25) is 4.68 Å². The molecule has 15 heavy (non-hydrogen) atoms. The number of anilines is 1. The molecule has 0 bridgehead atoms. The molecule has 1 N–H and O–H groups in total. The third-order valence-electron chi connectivity index (χ3n) is 2.18. The average Bonchev–Trinajstić information content (AvgIpc) is 2.45. The van der Waals surface area contributed by atoms with Gasteiger partial charge in [-0.15, -0.1) is 0 Å². The average molecular weight is 231 g/mol. The first kappa shape index (κ1) is 12.0. The van der Waals surface area contributed by atoms with E-state index in [2.05, 4.69) is 10.4 Å². The van der Waals surface area contributed by atoms with E-state index >= 15 is 0 Å². The maximum absolute atomic E-state index is 11.2. The highest BCUT2D eigenvalue weighted by Gasteiger charge is 2.07. The minimum atomic E-state index is -2.89. The van der Waals surface area contributed by atoms with Crippen molar-refractivity contribution in [2.75, 3.05) is 23.4 Å². The Morgan fingerprint density at radius 1 is 1.53 bits per heavy atom. The highest BCUT2D eigenvalue weighted by Crippen LogP contribution is 2.10. The van der Waals surface area contributed by atoms with Crippen molar-refractivity contribution in [2.24, 2.45) is 7.05 Å². The van der Waals surface area contributed by atoms with Gasteiger partial charge >= 0.3 is 0 Å². The van der Waals surface area contributed by atoms with Crippen LogP contribution in [-0.4, -0.2) is 36.2 Å². The quantitative estimate of drug-likeness (QED) is 0.805. The maximum atomic E-state index is 11.2. The number of hydrogen-bond acceptors (Lipinski definition) is 4. The third kappa shape index (κ3) is 3.54. The summed E-state index contributed by atoms with van der Waals surface area (Å²) in [5.74, 6) is 0.360. The molecule has 0 spiro atoms. The summed E-state index contributed by atoms with van der Waals surface area (Å²) >= 11 is 0. The Bertz CT molecular complexity index is 423. The van der Waals surface area contributed by atoms with Crippen LogP contribution in [0.25, 0.3) is 0 Å². The van der Waals surface area contributed by atoms with Crippen LogP contribution in [0.1, 0.15) is 12.6 Å². The fourth-order valence-corrected chi connectivity index (χ4v) is 1.96. The summed E-state index contributed by atoms with van der Waals surface area (Å²) in [6.45, 7) is 3.98. The number of aromatic nitrogens is 2. The number of nitrogens with zero attached hydrogens (tertiary/aromatic N) is 2. The van der Waals surface area contributed by atoms with E-state index in [1.165, 1.54) is 0 Å². The molecule has 0 unspecified atom stereocenters. The van der Waals surface area contributed by atoms with Crippen LogP contribution in [-0.2, 0) is 16.9 Å². The van der Waals surface area contributed by atoms with Crippen LogP contribution in [0.2, 0.25) is 0 Å². The number of hydrogen-bond donors (Lipinski definition) is 1. The van der Waals surface area contributed by atoms with Crippen molar-refractivity contribution in [3.8, 4) is 0 Å². The van der Waals surface area contributed by atoms with Crippen LogP contribution in [0, 0.1) is 6.92 Å². The van der Waals surface area contributed by atoms with Gasteiger partial charge in [0.15, 0.2) is 9.84 Å². The lowest BCUT2D eigenvalue weighted by atomic mass is 10.4. The van der Waals surface area contributed by atoms with E-state index in [4.69, 9.17) is 0 Å². The highest BCUT2D eigenvalue weighted by atomic mass is 32.2. The molecule has 1 rings (SSSR count). The molecular formula is C9H17N3O2S. The first-order chi connectivity index (χ1) is 6.94. The number of sulfone groups is 1. The van der Waals surface area contributed by atoms with E-state index in [0.717, 1.165) is 11.4 Å². The summed E-state index contributed by atoms with van der Waals surface area (Å²) in [5, 5.41) is 7.21. The number of aryl methyl sites for hydroxylation is 2. The van der Waals surface area contributed by atoms with Crippen molar-refractivity contribution >= 4 is 15.5 Å². The summed E-state index contributed by atoms with van der Waals surface area (Å²) in [7, 11) is -1.05. The van der Waals surface area contributed by atoms with Gasteiger partial charge in [0.1, 0.15) is 0 Å². The van der Waals surface area contributed by atoms with E-state index in [1.54, 1.807) is 11.6 Å². The van der Waals surface area contributed by atoms with Crippen molar-refractivity contribution in [2.45, 2.75) is 13.8 Å². The van der Waals surface area contributed by atoms with E-state index < -0.39 is 9.84 Å². The third-order valence-corrected chi connectivity index (χ3v) is 3.89. The Balaban J connectivity index is 2.48. The van der Waals surface area contributed by atoms with Gasteiger partial charge in [0, 0.05) is 25.5 Å². The molecule has 0 saturated carbocycles. The lowest BCUT2D eigenvalue weighted by molar-refractivity contribution is 0.597. The van der Waals surface area contributed by atoms with E-state index in [-0.39, 0.29) is 11.5 Å². The Morgan fingerprint density at radius 2 is 2.20 bits per heavy atom. The predicted octanol–water partition coefficient (Wildman–Crippen LogP) is 0.575. The van der Waals surface area contributed by atoms with Crippen LogP contribution in [0.3, 0.4) is 0 Å².